The molecule has 0 radical (unpaired) electrons. The lowest BCUT2D eigenvalue weighted by Gasteiger charge is -2.04. The summed E-state index contributed by atoms with van der Waals surface area (Å²) in [6.07, 6.45) is 3.75. The Morgan fingerprint density at radius 3 is 2.74 bits per heavy atom. The molecule has 7 heteroatoms. The highest BCUT2D eigenvalue weighted by atomic mass is 35.5. The van der Waals surface area contributed by atoms with Crippen LogP contribution in [0, 0.1) is 0 Å². The van der Waals surface area contributed by atoms with Crippen molar-refractivity contribution in [3.8, 4) is 11.5 Å². The maximum absolute atomic E-state index is 12.0. The number of esters is 1. The number of nitrogens with one attached hydrogen (secondary N) is 1. The summed E-state index contributed by atoms with van der Waals surface area (Å²) in [7, 11) is 1.34. The van der Waals surface area contributed by atoms with Gasteiger partial charge < -0.3 is 19.5 Å². The molecule has 0 unspecified atom stereocenters. The average molecular weight is 388 g/mol. The van der Waals surface area contributed by atoms with E-state index in [0.29, 0.717) is 35.1 Å². The van der Waals surface area contributed by atoms with Crippen LogP contribution in [0.2, 0.25) is 5.02 Å². The van der Waals surface area contributed by atoms with Gasteiger partial charge in [-0.2, -0.15) is 0 Å². The fourth-order valence-corrected chi connectivity index (χ4v) is 2.84. The third kappa shape index (κ3) is 4.80. The maximum Gasteiger partial charge on any atom is 0.337 e. The maximum atomic E-state index is 12.0. The molecule has 1 aliphatic heterocycles. The molecule has 0 saturated heterocycles. The number of carbonyl (C=O) groups is 2. The largest absolute Gasteiger partial charge is 0.465 e. The molecular weight excluding hydrogens is 370 g/mol. The average Bonchev–Trinajstić information content (AvgIpc) is 3.15. The number of hydrogen-bond acceptors (Lipinski definition) is 5. The van der Waals surface area contributed by atoms with E-state index in [4.69, 9.17) is 21.1 Å². The minimum Gasteiger partial charge on any atom is -0.465 e. The molecule has 0 aliphatic carbocycles. The van der Waals surface area contributed by atoms with Crippen molar-refractivity contribution >= 4 is 29.6 Å². The molecule has 2 aromatic rings. The van der Waals surface area contributed by atoms with E-state index >= 15 is 0 Å². The van der Waals surface area contributed by atoms with Crippen molar-refractivity contribution < 1.29 is 23.8 Å². The van der Waals surface area contributed by atoms with Crippen LogP contribution < -0.4 is 14.8 Å². The first-order valence-electron chi connectivity index (χ1n) is 8.29. The molecule has 0 bridgehead atoms. The van der Waals surface area contributed by atoms with Gasteiger partial charge >= 0.3 is 5.97 Å². The third-order valence-electron chi connectivity index (χ3n) is 3.96. The van der Waals surface area contributed by atoms with Gasteiger partial charge in [-0.15, -0.1) is 0 Å². The second-order valence-corrected chi connectivity index (χ2v) is 6.21. The molecule has 140 valence electrons. The molecule has 1 amide bonds. The Bertz CT molecular complexity index is 877. The molecule has 3 rings (SSSR count). The number of amides is 1. The smallest absolute Gasteiger partial charge is 0.337 e. The van der Waals surface area contributed by atoms with Crippen molar-refractivity contribution in [3.05, 3.63) is 64.2 Å². The summed E-state index contributed by atoms with van der Waals surface area (Å²) in [5.41, 5.74) is 2.25. The molecule has 27 heavy (non-hydrogen) atoms. The minimum absolute atomic E-state index is 0.142. The highest BCUT2D eigenvalue weighted by Gasteiger charge is 2.17. The van der Waals surface area contributed by atoms with E-state index in [1.807, 2.05) is 12.1 Å². The van der Waals surface area contributed by atoms with Crippen LogP contribution in [0.4, 0.5) is 0 Å². The molecular formula is C20H18ClNO5. The predicted octanol–water partition coefficient (Wildman–Crippen LogP) is 3.23. The van der Waals surface area contributed by atoms with Gasteiger partial charge in [0.15, 0.2) is 11.5 Å². The summed E-state index contributed by atoms with van der Waals surface area (Å²) in [5.74, 6) is 0.507. The van der Waals surface area contributed by atoms with Crippen molar-refractivity contribution in [2.75, 3.05) is 20.4 Å². The lowest BCUT2D eigenvalue weighted by atomic mass is 10.1. The van der Waals surface area contributed by atoms with E-state index in [0.717, 1.165) is 11.1 Å². The summed E-state index contributed by atoms with van der Waals surface area (Å²) < 4.78 is 15.2. The van der Waals surface area contributed by atoms with Gasteiger partial charge in [-0.25, -0.2) is 4.79 Å². The zero-order chi connectivity index (χ0) is 19.2. The van der Waals surface area contributed by atoms with Crippen LogP contribution in [-0.4, -0.2) is 32.3 Å². The van der Waals surface area contributed by atoms with Crippen LogP contribution in [0.25, 0.3) is 6.08 Å². The topological polar surface area (TPSA) is 73.9 Å². The Morgan fingerprint density at radius 2 is 2.00 bits per heavy atom. The van der Waals surface area contributed by atoms with Gasteiger partial charge in [0.2, 0.25) is 12.7 Å². The molecule has 0 fully saturated rings. The quantitative estimate of drug-likeness (QED) is 0.608. The Morgan fingerprint density at radius 1 is 1.22 bits per heavy atom. The number of methoxy groups -OCH3 is 1. The molecule has 1 heterocycles. The first kappa shape index (κ1) is 18.8. The lowest BCUT2D eigenvalue weighted by Crippen LogP contribution is -2.23. The molecule has 2 aromatic carbocycles. The van der Waals surface area contributed by atoms with Crippen LogP contribution in [0.5, 0.6) is 11.5 Å². The van der Waals surface area contributed by atoms with Crippen molar-refractivity contribution in [3.63, 3.8) is 0 Å². The second-order valence-electron chi connectivity index (χ2n) is 5.80. The van der Waals surface area contributed by atoms with Crippen LogP contribution in [0.15, 0.2) is 42.5 Å². The fraction of sp³-hybridized carbons (Fsp3) is 0.200. The van der Waals surface area contributed by atoms with Gasteiger partial charge in [-0.1, -0.05) is 23.7 Å². The highest BCUT2D eigenvalue weighted by Crippen LogP contribution is 2.40. The van der Waals surface area contributed by atoms with Crippen LogP contribution in [0.1, 0.15) is 21.5 Å². The van der Waals surface area contributed by atoms with Gasteiger partial charge in [0, 0.05) is 12.6 Å². The van der Waals surface area contributed by atoms with Crippen molar-refractivity contribution in [1.82, 2.24) is 5.32 Å². The van der Waals surface area contributed by atoms with Crippen LogP contribution in [-0.2, 0) is 16.0 Å². The lowest BCUT2D eigenvalue weighted by molar-refractivity contribution is -0.116. The van der Waals surface area contributed by atoms with E-state index in [-0.39, 0.29) is 18.7 Å². The van der Waals surface area contributed by atoms with Gasteiger partial charge in [-0.3, -0.25) is 4.79 Å². The van der Waals surface area contributed by atoms with E-state index in [1.54, 1.807) is 30.3 Å². The second kappa shape index (κ2) is 8.60. The Hall–Kier alpha value is -2.99. The molecule has 1 aliphatic rings. The van der Waals surface area contributed by atoms with Gasteiger partial charge in [0.25, 0.3) is 0 Å². The number of rotatable bonds is 6. The standard InChI is InChI=1S/C20H18ClNO5/c1-25-20(24)15-5-2-13(3-6-15)8-9-22-18(23)7-4-14-10-16(21)19-17(11-14)26-12-27-19/h2-7,10-11H,8-9,12H2,1H3,(H,22,23)/b7-4+. The van der Waals surface area contributed by atoms with E-state index in [9.17, 15) is 9.59 Å². The summed E-state index contributed by atoms with van der Waals surface area (Å²) in [6, 6.07) is 10.5. The summed E-state index contributed by atoms with van der Waals surface area (Å²) in [6.45, 7) is 0.617. The zero-order valence-corrected chi connectivity index (χ0v) is 15.4. The fourth-order valence-electron chi connectivity index (χ4n) is 2.57. The molecule has 1 N–H and O–H groups in total. The summed E-state index contributed by atoms with van der Waals surface area (Å²) in [5, 5.41) is 3.26. The first-order valence-corrected chi connectivity index (χ1v) is 8.67. The van der Waals surface area contributed by atoms with Crippen LogP contribution in [0.3, 0.4) is 0 Å². The number of fused-ring (bicyclic) bond motifs is 1. The predicted molar refractivity (Wildman–Crippen MR) is 101 cm³/mol. The van der Waals surface area contributed by atoms with Crippen LogP contribution >= 0.6 is 11.6 Å². The number of benzene rings is 2. The molecule has 0 atom stereocenters. The normalized spacial score (nSPS) is 12.2. The van der Waals surface area contributed by atoms with Gasteiger partial charge in [0.05, 0.1) is 17.7 Å². The number of halogens is 1. The monoisotopic (exact) mass is 387 g/mol. The minimum atomic E-state index is -0.372. The Labute approximate surface area is 161 Å². The van der Waals surface area contributed by atoms with Crippen molar-refractivity contribution in [2.45, 2.75) is 6.42 Å². The van der Waals surface area contributed by atoms with E-state index < -0.39 is 0 Å². The number of hydrogen-bond donors (Lipinski definition) is 1. The number of ether oxygens (including phenoxy) is 3. The molecule has 0 aromatic heterocycles. The van der Waals surface area contributed by atoms with Gasteiger partial charge in [0.1, 0.15) is 0 Å². The highest BCUT2D eigenvalue weighted by molar-refractivity contribution is 6.32. The summed E-state index contributed by atoms with van der Waals surface area (Å²) in [4.78, 5) is 23.4. The third-order valence-corrected chi connectivity index (χ3v) is 4.25. The van der Waals surface area contributed by atoms with E-state index in [2.05, 4.69) is 10.1 Å². The van der Waals surface area contributed by atoms with E-state index in [1.165, 1.54) is 13.2 Å². The number of carbonyl (C=O) groups excluding carboxylic acids is 2. The first-order chi connectivity index (χ1) is 13.1. The Balaban J connectivity index is 1.49. The molecule has 6 nitrogen and oxygen atoms in total. The van der Waals surface area contributed by atoms with Crippen molar-refractivity contribution in [1.29, 1.82) is 0 Å². The molecule has 0 saturated carbocycles. The van der Waals surface area contributed by atoms with Crippen molar-refractivity contribution in [2.24, 2.45) is 0 Å². The SMILES string of the molecule is COC(=O)c1ccc(CCNC(=O)/C=C/c2cc(Cl)c3c(c2)OCO3)cc1. The summed E-state index contributed by atoms with van der Waals surface area (Å²) >= 11 is 6.11. The Kier molecular flexibility index (Phi) is 5.98. The molecule has 0 spiro atoms. The zero-order valence-electron chi connectivity index (χ0n) is 14.7. The van der Waals surface area contributed by atoms with Gasteiger partial charge in [-0.05, 0) is 47.9 Å².